The zero-order valence-corrected chi connectivity index (χ0v) is 11.2. The summed E-state index contributed by atoms with van der Waals surface area (Å²) < 4.78 is 4.38. The van der Waals surface area contributed by atoms with Crippen LogP contribution in [0, 0.1) is 0 Å². The number of imidazole rings is 1. The summed E-state index contributed by atoms with van der Waals surface area (Å²) in [5, 5.41) is 0. The first-order valence-corrected chi connectivity index (χ1v) is 6.43. The minimum atomic E-state index is -0.344. The van der Waals surface area contributed by atoms with Gasteiger partial charge >= 0.3 is 5.69 Å². The molecule has 0 spiro atoms. The van der Waals surface area contributed by atoms with Crippen molar-refractivity contribution in [2.24, 2.45) is 14.1 Å². The first-order chi connectivity index (χ1) is 9.09. The van der Waals surface area contributed by atoms with E-state index in [1.807, 2.05) is 4.57 Å². The van der Waals surface area contributed by atoms with Crippen molar-refractivity contribution in [2.75, 3.05) is 13.1 Å². The second-order valence-corrected chi connectivity index (χ2v) is 5.06. The van der Waals surface area contributed by atoms with Crippen LogP contribution in [-0.2, 0) is 20.8 Å². The molecule has 0 unspecified atom stereocenters. The molecule has 19 heavy (non-hydrogen) atoms. The summed E-state index contributed by atoms with van der Waals surface area (Å²) >= 11 is 0. The van der Waals surface area contributed by atoms with E-state index in [0.717, 1.165) is 17.7 Å². The molecule has 1 aliphatic heterocycles. The van der Waals surface area contributed by atoms with Crippen LogP contribution >= 0.6 is 0 Å². The Kier molecular flexibility index (Phi) is 2.78. The molecule has 3 rings (SSSR count). The highest BCUT2D eigenvalue weighted by Crippen LogP contribution is 2.11. The number of nitrogens with zero attached hydrogens (tertiary/aromatic N) is 5. The van der Waals surface area contributed by atoms with Gasteiger partial charge in [-0.2, -0.15) is 0 Å². The van der Waals surface area contributed by atoms with Crippen LogP contribution in [0.4, 0.5) is 0 Å². The molecule has 1 saturated heterocycles. The van der Waals surface area contributed by atoms with Crippen molar-refractivity contribution in [3.8, 4) is 0 Å². The van der Waals surface area contributed by atoms with E-state index < -0.39 is 0 Å². The lowest BCUT2D eigenvalue weighted by Crippen LogP contribution is -2.38. The third-order valence-corrected chi connectivity index (χ3v) is 3.77. The van der Waals surface area contributed by atoms with Crippen LogP contribution in [0.25, 0.3) is 11.2 Å². The Labute approximate surface area is 109 Å². The van der Waals surface area contributed by atoms with Gasteiger partial charge in [0.1, 0.15) is 0 Å². The molecule has 2 aromatic rings. The maximum atomic E-state index is 12.2. The van der Waals surface area contributed by atoms with Crippen molar-refractivity contribution in [2.45, 2.75) is 19.5 Å². The van der Waals surface area contributed by atoms with E-state index in [0.29, 0.717) is 17.8 Å². The summed E-state index contributed by atoms with van der Waals surface area (Å²) in [4.78, 5) is 30.5. The zero-order chi connectivity index (χ0) is 13.6. The highest BCUT2D eigenvalue weighted by Gasteiger charge is 2.17. The number of likely N-dealkylation sites (tertiary alicyclic amines) is 1. The van der Waals surface area contributed by atoms with Crippen LogP contribution in [0.2, 0.25) is 0 Å². The Morgan fingerprint density at radius 1 is 1.16 bits per heavy atom. The Bertz CT molecular complexity index is 733. The summed E-state index contributed by atoms with van der Waals surface area (Å²) in [5.74, 6) is 0. The number of aromatic nitrogens is 4. The van der Waals surface area contributed by atoms with E-state index in [1.165, 1.54) is 24.5 Å². The van der Waals surface area contributed by atoms with Crippen molar-refractivity contribution in [3.63, 3.8) is 0 Å². The molecule has 0 aliphatic carbocycles. The monoisotopic (exact) mass is 263 g/mol. The summed E-state index contributed by atoms with van der Waals surface area (Å²) in [5.41, 5.74) is 0.322. The van der Waals surface area contributed by atoms with Crippen LogP contribution in [0.1, 0.15) is 12.8 Å². The molecule has 0 N–H and O–H groups in total. The fourth-order valence-corrected chi connectivity index (χ4v) is 2.64. The number of hydrogen-bond donors (Lipinski definition) is 0. The van der Waals surface area contributed by atoms with Gasteiger partial charge < -0.3 is 4.57 Å². The number of rotatable bonds is 2. The molecule has 102 valence electrons. The third-order valence-electron chi connectivity index (χ3n) is 3.77. The number of hydrogen-bond acceptors (Lipinski definition) is 4. The average molecular weight is 263 g/mol. The summed E-state index contributed by atoms with van der Waals surface area (Å²) in [6.07, 6.45) is 4.04. The largest absolute Gasteiger partial charge is 0.332 e. The molecule has 0 radical (unpaired) electrons. The predicted octanol–water partition coefficient (Wildman–Crippen LogP) is -0.513. The Morgan fingerprint density at radius 2 is 1.84 bits per heavy atom. The van der Waals surface area contributed by atoms with Crippen LogP contribution in [0.3, 0.4) is 0 Å². The van der Waals surface area contributed by atoms with Gasteiger partial charge in [-0.3, -0.25) is 18.8 Å². The highest BCUT2D eigenvalue weighted by molar-refractivity contribution is 5.69. The van der Waals surface area contributed by atoms with E-state index in [-0.39, 0.29) is 11.2 Å². The minimum Gasteiger partial charge on any atom is -0.311 e. The molecule has 0 amide bonds. The van der Waals surface area contributed by atoms with E-state index in [4.69, 9.17) is 0 Å². The second kappa shape index (κ2) is 4.34. The second-order valence-electron chi connectivity index (χ2n) is 5.06. The first-order valence-electron chi connectivity index (χ1n) is 6.43. The molecule has 7 nitrogen and oxygen atoms in total. The van der Waals surface area contributed by atoms with Crippen molar-refractivity contribution in [1.82, 2.24) is 23.6 Å². The summed E-state index contributed by atoms with van der Waals surface area (Å²) in [7, 11) is 3.13. The maximum absolute atomic E-state index is 12.2. The summed E-state index contributed by atoms with van der Waals surface area (Å²) in [6, 6.07) is 0. The van der Waals surface area contributed by atoms with E-state index in [1.54, 1.807) is 13.4 Å². The van der Waals surface area contributed by atoms with Crippen LogP contribution in [0.15, 0.2) is 15.9 Å². The molecule has 0 atom stereocenters. The third kappa shape index (κ3) is 1.81. The lowest BCUT2D eigenvalue weighted by Gasteiger charge is -2.15. The Morgan fingerprint density at radius 3 is 2.53 bits per heavy atom. The van der Waals surface area contributed by atoms with Crippen LogP contribution in [-0.4, -0.2) is 36.7 Å². The fourth-order valence-electron chi connectivity index (χ4n) is 2.64. The van der Waals surface area contributed by atoms with Gasteiger partial charge in [0.25, 0.3) is 5.56 Å². The zero-order valence-electron chi connectivity index (χ0n) is 11.2. The molecule has 0 bridgehead atoms. The van der Waals surface area contributed by atoms with Gasteiger partial charge in [-0.15, -0.1) is 0 Å². The minimum absolute atomic E-state index is 0.283. The lowest BCUT2D eigenvalue weighted by atomic mass is 10.4. The molecule has 0 aromatic carbocycles. The van der Waals surface area contributed by atoms with E-state index >= 15 is 0 Å². The molecule has 1 fully saturated rings. The van der Waals surface area contributed by atoms with E-state index in [2.05, 4.69) is 9.88 Å². The highest BCUT2D eigenvalue weighted by atomic mass is 16.2. The van der Waals surface area contributed by atoms with Crippen molar-refractivity contribution < 1.29 is 0 Å². The first kappa shape index (κ1) is 12.2. The fraction of sp³-hybridized carbons (Fsp3) is 0.583. The van der Waals surface area contributed by atoms with Gasteiger partial charge in [-0.25, -0.2) is 9.78 Å². The van der Waals surface area contributed by atoms with Crippen LogP contribution < -0.4 is 11.2 Å². The average Bonchev–Trinajstić information content (AvgIpc) is 3.04. The number of fused-ring (bicyclic) bond motifs is 1. The van der Waals surface area contributed by atoms with Crippen molar-refractivity contribution >= 4 is 11.2 Å². The quantitative estimate of drug-likeness (QED) is 0.732. The van der Waals surface area contributed by atoms with Crippen molar-refractivity contribution in [3.05, 3.63) is 27.2 Å². The van der Waals surface area contributed by atoms with Gasteiger partial charge in [-0.05, 0) is 25.9 Å². The summed E-state index contributed by atoms with van der Waals surface area (Å²) in [6.45, 7) is 2.75. The molecule has 3 heterocycles. The van der Waals surface area contributed by atoms with Gasteiger partial charge in [0.15, 0.2) is 11.2 Å². The number of aryl methyl sites for hydroxylation is 1. The van der Waals surface area contributed by atoms with Crippen molar-refractivity contribution in [1.29, 1.82) is 0 Å². The van der Waals surface area contributed by atoms with Gasteiger partial charge in [0.05, 0.1) is 13.0 Å². The molecule has 2 aromatic heterocycles. The molecule has 7 heteroatoms. The Hall–Kier alpha value is -1.89. The Balaban J connectivity index is 2.17. The van der Waals surface area contributed by atoms with E-state index in [9.17, 15) is 9.59 Å². The normalized spacial score (nSPS) is 16.5. The predicted molar refractivity (Wildman–Crippen MR) is 71.0 cm³/mol. The maximum Gasteiger partial charge on any atom is 0.332 e. The van der Waals surface area contributed by atoms with Gasteiger partial charge in [0, 0.05) is 14.1 Å². The van der Waals surface area contributed by atoms with Crippen LogP contribution in [0.5, 0.6) is 0 Å². The molecule has 0 saturated carbocycles. The van der Waals surface area contributed by atoms with Gasteiger partial charge in [-0.1, -0.05) is 0 Å². The lowest BCUT2D eigenvalue weighted by molar-refractivity contribution is 0.274. The standard InChI is InChI=1S/C12H17N5O2/c1-14-10-9(11(18)15(2)12(14)19)17(7-13-10)8-16-5-3-4-6-16/h7H,3-6,8H2,1-2H3. The molecule has 1 aliphatic rings. The SMILES string of the molecule is Cn1c(=O)c2c(ncn2CN2CCCC2)n(C)c1=O. The topological polar surface area (TPSA) is 65.1 Å². The molecular formula is C12H17N5O2. The van der Waals surface area contributed by atoms with Gasteiger partial charge in [0.2, 0.25) is 0 Å². The molecular weight excluding hydrogens is 246 g/mol. The smallest absolute Gasteiger partial charge is 0.311 e.